The fourth-order valence-corrected chi connectivity index (χ4v) is 1.41. The lowest BCUT2D eigenvalue weighted by Crippen LogP contribution is -2.54. The Morgan fingerprint density at radius 2 is 1.57 bits per heavy atom. The number of allylic oxidation sites excluding steroid dienone is 1. The third kappa shape index (κ3) is 3.93. The maximum atomic E-state index is 13.7. The van der Waals surface area contributed by atoms with Gasteiger partial charge in [-0.1, -0.05) is 18.2 Å². The maximum Gasteiger partial charge on any atom is 0.460 e. The van der Waals surface area contributed by atoms with Crippen LogP contribution in [0.4, 0.5) is 36.4 Å². The number of alkyl halides is 7. The molecule has 0 unspecified atom stereocenters. The number of ether oxygens (including phenoxy) is 1. The van der Waals surface area contributed by atoms with Gasteiger partial charge in [-0.3, -0.25) is 0 Å². The van der Waals surface area contributed by atoms with Crippen LogP contribution in [-0.2, 0) is 9.53 Å². The zero-order valence-electron chi connectivity index (χ0n) is 11.4. The molecular weight excluding hydrogens is 335 g/mol. The van der Waals surface area contributed by atoms with E-state index in [1.165, 1.54) is 18.2 Å². The van der Waals surface area contributed by atoms with Crippen molar-refractivity contribution in [2.75, 3.05) is 12.4 Å². The van der Waals surface area contributed by atoms with Crippen molar-refractivity contribution in [2.45, 2.75) is 18.0 Å². The van der Waals surface area contributed by atoms with Crippen LogP contribution in [-0.4, -0.2) is 31.1 Å². The fraction of sp³-hybridized carbons (Fsp3) is 0.308. The Labute approximate surface area is 125 Å². The molecule has 0 radical (unpaired) electrons. The highest BCUT2D eigenvalue weighted by atomic mass is 19.4. The van der Waals surface area contributed by atoms with E-state index in [0.29, 0.717) is 0 Å². The van der Waals surface area contributed by atoms with Crippen molar-refractivity contribution < 1.29 is 40.3 Å². The minimum atomic E-state index is -6.52. The SMILES string of the molecule is COC(=O)/C=C(\Nc1ccccc1)C(F)(F)C(F)(F)C(F)(F)F. The number of nitrogens with one attached hydrogen (secondary N) is 1. The van der Waals surface area contributed by atoms with Crippen molar-refractivity contribution in [3.8, 4) is 0 Å². The average Bonchev–Trinajstić information content (AvgIpc) is 2.46. The van der Waals surface area contributed by atoms with Gasteiger partial charge in [0, 0.05) is 11.8 Å². The van der Waals surface area contributed by atoms with Gasteiger partial charge in [-0.25, -0.2) is 4.79 Å². The number of para-hydroxylation sites is 1. The number of hydrogen-bond donors (Lipinski definition) is 1. The lowest BCUT2D eigenvalue weighted by atomic mass is 10.1. The lowest BCUT2D eigenvalue weighted by molar-refractivity contribution is -0.344. The van der Waals surface area contributed by atoms with Crippen LogP contribution in [0.25, 0.3) is 0 Å². The third-order valence-corrected chi connectivity index (χ3v) is 2.60. The molecule has 0 aliphatic heterocycles. The second-order valence-electron chi connectivity index (χ2n) is 4.22. The van der Waals surface area contributed by atoms with Gasteiger partial charge in [0.1, 0.15) is 0 Å². The Kier molecular flexibility index (Phi) is 5.28. The molecule has 1 rings (SSSR count). The summed E-state index contributed by atoms with van der Waals surface area (Å²) in [5, 5.41) is 1.69. The number of esters is 1. The van der Waals surface area contributed by atoms with E-state index in [-0.39, 0.29) is 11.8 Å². The Hall–Kier alpha value is -2.26. The molecule has 0 heterocycles. The molecule has 0 aliphatic rings. The molecule has 0 fully saturated rings. The number of methoxy groups -OCH3 is 1. The maximum absolute atomic E-state index is 13.7. The lowest BCUT2D eigenvalue weighted by Gasteiger charge is -2.30. The standard InChI is InChI=1S/C13H10F7NO2/c1-23-10(22)7-9(21-8-5-3-2-4-6-8)11(14,15)12(16,17)13(18,19)20/h2-7,21H,1H3/b9-7-. The molecule has 23 heavy (non-hydrogen) atoms. The van der Waals surface area contributed by atoms with Crippen molar-refractivity contribution in [1.82, 2.24) is 0 Å². The molecule has 0 aromatic heterocycles. The summed E-state index contributed by atoms with van der Waals surface area (Å²) < 4.78 is 94.4. The van der Waals surface area contributed by atoms with Gasteiger partial charge in [-0.05, 0) is 12.1 Å². The summed E-state index contributed by atoms with van der Waals surface area (Å²) in [5.74, 6) is -13.7. The highest BCUT2D eigenvalue weighted by molar-refractivity contribution is 5.83. The van der Waals surface area contributed by atoms with Crippen LogP contribution in [0.3, 0.4) is 0 Å². The topological polar surface area (TPSA) is 38.3 Å². The number of carbonyl (C=O) groups excluding carboxylic acids is 1. The van der Waals surface area contributed by atoms with E-state index in [4.69, 9.17) is 0 Å². The Bertz CT molecular complexity index is 582. The summed E-state index contributed by atoms with van der Waals surface area (Å²) in [5.41, 5.74) is -2.17. The summed E-state index contributed by atoms with van der Waals surface area (Å²) in [6, 6.07) is 6.35. The highest BCUT2D eigenvalue weighted by Gasteiger charge is 2.74. The first kappa shape index (κ1) is 18.8. The Morgan fingerprint density at radius 1 is 1.04 bits per heavy atom. The summed E-state index contributed by atoms with van der Waals surface area (Å²) >= 11 is 0. The van der Waals surface area contributed by atoms with Crippen molar-refractivity contribution in [3.63, 3.8) is 0 Å². The molecule has 0 saturated heterocycles. The van der Waals surface area contributed by atoms with Gasteiger partial charge < -0.3 is 10.1 Å². The zero-order valence-corrected chi connectivity index (χ0v) is 11.4. The summed E-state index contributed by atoms with van der Waals surface area (Å²) in [4.78, 5) is 11.0. The van der Waals surface area contributed by atoms with Gasteiger partial charge in [-0.15, -0.1) is 0 Å². The van der Waals surface area contributed by atoms with Crippen molar-refractivity contribution in [1.29, 1.82) is 0 Å². The number of hydrogen-bond acceptors (Lipinski definition) is 3. The second kappa shape index (κ2) is 6.47. The largest absolute Gasteiger partial charge is 0.466 e. The number of rotatable bonds is 5. The minimum Gasteiger partial charge on any atom is -0.466 e. The van der Waals surface area contributed by atoms with E-state index in [1.54, 1.807) is 5.32 Å². The first-order chi connectivity index (χ1) is 10.4. The first-order valence-electron chi connectivity index (χ1n) is 5.88. The van der Waals surface area contributed by atoms with Crippen molar-refractivity contribution >= 4 is 11.7 Å². The van der Waals surface area contributed by atoms with Crippen LogP contribution in [0.5, 0.6) is 0 Å². The summed E-state index contributed by atoms with van der Waals surface area (Å²) in [6.07, 6.45) is -6.68. The minimum absolute atomic E-state index is 0.160. The molecule has 0 spiro atoms. The molecule has 1 aromatic carbocycles. The van der Waals surface area contributed by atoms with E-state index in [2.05, 4.69) is 4.74 Å². The molecule has 10 heteroatoms. The van der Waals surface area contributed by atoms with Gasteiger partial charge in [0.05, 0.1) is 12.8 Å². The monoisotopic (exact) mass is 345 g/mol. The molecule has 128 valence electrons. The fourth-order valence-electron chi connectivity index (χ4n) is 1.41. The van der Waals surface area contributed by atoms with Crippen LogP contribution in [0.15, 0.2) is 42.1 Å². The van der Waals surface area contributed by atoms with Gasteiger partial charge in [0.25, 0.3) is 0 Å². The molecular formula is C13H10F7NO2. The van der Waals surface area contributed by atoms with E-state index in [1.807, 2.05) is 0 Å². The van der Waals surface area contributed by atoms with Gasteiger partial charge in [-0.2, -0.15) is 30.7 Å². The van der Waals surface area contributed by atoms with Crippen LogP contribution < -0.4 is 5.32 Å². The predicted molar refractivity (Wildman–Crippen MR) is 66.1 cm³/mol. The molecule has 0 atom stereocenters. The average molecular weight is 345 g/mol. The summed E-state index contributed by atoms with van der Waals surface area (Å²) in [6.45, 7) is 0. The quantitative estimate of drug-likeness (QED) is 0.498. The van der Waals surface area contributed by atoms with Crippen LogP contribution in [0, 0.1) is 0 Å². The van der Waals surface area contributed by atoms with Gasteiger partial charge in [0.2, 0.25) is 0 Å². The molecule has 0 amide bonds. The Balaban J connectivity index is 3.34. The van der Waals surface area contributed by atoms with E-state index in [9.17, 15) is 35.5 Å². The Morgan fingerprint density at radius 3 is 2.00 bits per heavy atom. The molecule has 0 saturated carbocycles. The molecule has 3 nitrogen and oxygen atoms in total. The van der Waals surface area contributed by atoms with E-state index >= 15 is 0 Å². The van der Waals surface area contributed by atoms with Crippen LogP contribution >= 0.6 is 0 Å². The third-order valence-electron chi connectivity index (χ3n) is 2.60. The van der Waals surface area contributed by atoms with E-state index < -0.39 is 29.7 Å². The number of halogens is 7. The normalized spacial score (nSPS) is 13.7. The van der Waals surface area contributed by atoms with Crippen molar-refractivity contribution in [2.24, 2.45) is 0 Å². The predicted octanol–water partition coefficient (Wildman–Crippen LogP) is 3.99. The van der Waals surface area contributed by atoms with Gasteiger partial charge in [0.15, 0.2) is 0 Å². The van der Waals surface area contributed by atoms with Crippen molar-refractivity contribution in [3.05, 3.63) is 42.1 Å². The highest BCUT2D eigenvalue weighted by Crippen LogP contribution is 2.49. The number of benzene rings is 1. The molecule has 0 bridgehead atoms. The molecule has 1 N–H and O–H groups in total. The molecule has 1 aromatic rings. The van der Waals surface area contributed by atoms with Crippen LogP contribution in [0.1, 0.15) is 0 Å². The smallest absolute Gasteiger partial charge is 0.460 e. The van der Waals surface area contributed by atoms with Gasteiger partial charge >= 0.3 is 24.0 Å². The molecule has 0 aliphatic carbocycles. The zero-order chi connectivity index (χ0) is 17.9. The van der Waals surface area contributed by atoms with E-state index in [0.717, 1.165) is 19.2 Å². The second-order valence-corrected chi connectivity index (χ2v) is 4.22. The number of carbonyl (C=O) groups is 1. The number of anilines is 1. The van der Waals surface area contributed by atoms with Crippen LogP contribution in [0.2, 0.25) is 0 Å². The first-order valence-corrected chi connectivity index (χ1v) is 5.88. The summed E-state index contributed by atoms with van der Waals surface area (Å²) in [7, 11) is 0.749.